The first-order valence-electron chi connectivity index (χ1n) is 11.0. The summed E-state index contributed by atoms with van der Waals surface area (Å²) in [6.45, 7) is 7.93. The minimum absolute atomic E-state index is 0.0554. The van der Waals surface area contributed by atoms with Crippen molar-refractivity contribution in [3.8, 4) is 0 Å². The molecule has 0 unspecified atom stereocenters. The number of nitrogens with one attached hydrogen (secondary N) is 2. The molecule has 0 aromatic heterocycles. The normalized spacial score (nSPS) is 15.5. The highest BCUT2D eigenvalue weighted by Gasteiger charge is 2.33. The predicted octanol–water partition coefficient (Wildman–Crippen LogP) is 4.13. The Hall–Kier alpha value is -2.42. The van der Waals surface area contributed by atoms with Gasteiger partial charge >= 0.3 is 0 Å². The number of hydrogen-bond donors (Lipinski definition) is 2. The summed E-state index contributed by atoms with van der Waals surface area (Å²) >= 11 is 6.09. The van der Waals surface area contributed by atoms with Crippen molar-refractivity contribution in [2.75, 3.05) is 18.4 Å². The van der Waals surface area contributed by atoms with Crippen LogP contribution in [0.3, 0.4) is 0 Å². The lowest BCUT2D eigenvalue weighted by atomic mass is 9.97. The van der Waals surface area contributed by atoms with Crippen LogP contribution in [-0.2, 0) is 14.8 Å². The van der Waals surface area contributed by atoms with Gasteiger partial charge in [0.25, 0.3) is 5.91 Å². The van der Waals surface area contributed by atoms with Gasteiger partial charge in [0.15, 0.2) is 0 Å². The quantitative estimate of drug-likeness (QED) is 0.635. The van der Waals surface area contributed by atoms with Gasteiger partial charge in [0.1, 0.15) is 0 Å². The maximum atomic E-state index is 13.1. The van der Waals surface area contributed by atoms with Crippen LogP contribution < -0.4 is 10.6 Å². The molecule has 0 atom stereocenters. The van der Waals surface area contributed by atoms with Gasteiger partial charge in [-0.05, 0) is 70.4 Å². The first-order chi connectivity index (χ1) is 15.5. The van der Waals surface area contributed by atoms with Gasteiger partial charge in [-0.3, -0.25) is 9.59 Å². The zero-order chi connectivity index (χ0) is 24.3. The third-order valence-electron chi connectivity index (χ3n) is 5.68. The third kappa shape index (κ3) is 5.93. The van der Waals surface area contributed by atoms with Crippen LogP contribution in [0.4, 0.5) is 5.69 Å². The molecule has 178 valence electrons. The predicted molar refractivity (Wildman–Crippen MR) is 130 cm³/mol. The minimum atomic E-state index is -3.62. The van der Waals surface area contributed by atoms with Crippen molar-refractivity contribution < 1.29 is 18.0 Å². The minimum Gasteiger partial charge on any atom is -0.350 e. The van der Waals surface area contributed by atoms with Crippen LogP contribution in [0.1, 0.15) is 48.2 Å². The molecule has 3 rings (SSSR count). The van der Waals surface area contributed by atoms with Crippen molar-refractivity contribution in [1.29, 1.82) is 0 Å². The smallest absolute Gasteiger partial charge is 0.253 e. The standard InChI is InChI=1S/C24H30ClN3O4S/c1-15(2)26-24(30)20-7-6-19(25)14-21(20)27-23(29)18-9-11-28(12-10-18)33(31,32)22-8-5-16(3)13-17(22)4/h5-8,13-15,18H,9-12H2,1-4H3,(H,26,30)(H,27,29). The summed E-state index contributed by atoms with van der Waals surface area (Å²) in [6, 6.07) is 9.96. The summed E-state index contributed by atoms with van der Waals surface area (Å²) in [4.78, 5) is 25.7. The summed E-state index contributed by atoms with van der Waals surface area (Å²) in [5.41, 5.74) is 2.39. The number of carbonyl (C=O) groups excluding carboxylic acids is 2. The summed E-state index contributed by atoms with van der Waals surface area (Å²) in [5, 5.41) is 6.04. The van der Waals surface area contributed by atoms with Gasteiger partial charge in [-0.2, -0.15) is 4.31 Å². The maximum absolute atomic E-state index is 13.1. The first kappa shape index (κ1) is 25.2. The fraction of sp³-hybridized carbons (Fsp3) is 0.417. The largest absolute Gasteiger partial charge is 0.350 e. The Bertz CT molecular complexity index is 1160. The number of amides is 2. The monoisotopic (exact) mass is 491 g/mol. The maximum Gasteiger partial charge on any atom is 0.253 e. The molecule has 1 aliphatic rings. The Labute approximate surface area is 200 Å². The number of halogens is 1. The van der Waals surface area contributed by atoms with E-state index in [0.717, 1.165) is 5.56 Å². The molecule has 1 aliphatic heterocycles. The van der Waals surface area contributed by atoms with E-state index >= 15 is 0 Å². The Morgan fingerprint density at radius 2 is 1.73 bits per heavy atom. The number of benzene rings is 2. The van der Waals surface area contributed by atoms with E-state index in [1.54, 1.807) is 37.3 Å². The molecular formula is C24H30ClN3O4S. The van der Waals surface area contributed by atoms with E-state index in [0.29, 0.717) is 39.6 Å². The van der Waals surface area contributed by atoms with E-state index in [1.165, 1.54) is 4.31 Å². The van der Waals surface area contributed by atoms with Crippen molar-refractivity contribution in [1.82, 2.24) is 9.62 Å². The zero-order valence-electron chi connectivity index (χ0n) is 19.3. The van der Waals surface area contributed by atoms with Crippen LogP contribution in [0.25, 0.3) is 0 Å². The van der Waals surface area contributed by atoms with Crippen LogP contribution in [-0.4, -0.2) is 43.7 Å². The lowest BCUT2D eigenvalue weighted by Crippen LogP contribution is -2.41. The second-order valence-electron chi connectivity index (χ2n) is 8.75. The molecule has 0 spiro atoms. The lowest BCUT2D eigenvalue weighted by Gasteiger charge is -2.31. The van der Waals surface area contributed by atoms with Gasteiger partial charge in [0.2, 0.25) is 15.9 Å². The van der Waals surface area contributed by atoms with Crippen LogP contribution in [0.15, 0.2) is 41.3 Å². The molecule has 2 amide bonds. The van der Waals surface area contributed by atoms with Crippen molar-refractivity contribution in [2.45, 2.75) is 51.5 Å². The molecule has 1 saturated heterocycles. The van der Waals surface area contributed by atoms with E-state index in [9.17, 15) is 18.0 Å². The summed E-state index contributed by atoms with van der Waals surface area (Å²) < 4.78 is 27.6. The summed E-state index contributed by atoms with van der Waals surface area (Å²) in [7, 11) is -3.62. The van der Waals surface area contributed by atoms with E-state index in [1.807, 2.05) is 26.8 Å². The number of piperidine rings is 1. The molecule has 33 heavy (non-hydrogen) atoms. The van der Waals surface area contributed by atoms with Gasteiger partial charge < -0.3 is 10.6 Å². The van der Waals surface area contributed by atoms with Gasteiger partial charge in [0, 0.05) is 30.1 Å². The van der Waals surface area contributed by atoms with Crippen LogP contribution in [0.2, 0.25) is 5.02 Å². The summed E-state index contributed by atoms with van der Waals surface area (Å²) in [5.74, 6) is -0.915. The molecule has 7 nitrogen and oxygen atoms in total. The molecule has 2 aromatic rings. The van der Waals surface area contributed by atoms with E-state index < -0.39 is 10.0 Å². The molecule has 2 aromatic carbocycles. The number of aryl methyl sites for hydroxylation is 2. The molecule has 1 fully saturated rings. The molecular weight excluding hydrogens is 462 g/mol. The zero-order valence-corrected chi connectivity index (χ0v) is 20.9. The molecule has 1 heterocycles. The van der Waals surface area contributed by atoms with Gasteiger partial charge in [-0.1, -0.05) is 29.3 Å². The highest BCUT2D eigenvalue weighted by atomic mass is 35.5. The fourth-order valence-corrected chi connectivity index (χ4v) is 5.83. The van der Waals surface area contributed by atoms with E-state index in [4.69, 9.17) is 11.6 Å². The van der Waals surface area contributed by atoms with Gasteiger partial charge in [-0.15, -0.1) is 0 Å². The third-order valence-corrected chi connectivity index (χ3v) is 7.97. The molecule has 0 radical (unpaired) electrons. The highest BCUT2D eigenvalue weighted by Crippen LogP contribution is 2.28. The Balaban J connectivity index is 1.69. The number of carbonyl (C=O) groups is 2. The fourth-order valence-electron chi connectivity index (χ4n) is 3.98. The molecule has 0 aliphatic carbocycles. The van der Waals surface area contributed by atoms with E-state index in [2.05, 4.69) is 10.6 Å². The van der Waals surface area contributed by atoms with Crippen molar-refractivity contribution in [2.24, 2.45) is 5.92 Å². The highest BCUT2D eigenvalue weighted by molar-refractivity contribution is 7.89. The Kier molecular flexibility index (Phi) is 7.82. The second-order valence-corrected chi connectivity index (χ2v) is 11.1. The lowest BCUT2D eigenvalue weighted by molar-refractivity contribution is -0.120. The van der Waals surface area contributed by atoms with Crippen LogP contribution in [0, 0.1) is 19.8 Å². The number of hydrogen-bond acceptors (Lipinski definition) is 4. The molecule has 9 heteroatoms. The molecule has 0 bridgehead atoms. The number of rotatable bonds is 6. The average molecular weight is 492 g/mol. The van der Waals surface area contributed by atoms with Gasteiger partial charge in [-0.25, -0.2) is 8.42 Å². The topological polar surface area (TPSA) is 95.6 Å². The molecule has 2 N–H and O–H groups in total. The van der Waals surface area contributed by atoms with Crippen molar-refractivity contribution >= 4 is 39.1 Å². The van der Waals surface area contributed by atoms with Crippen molar-refractivity contribution in [3.05, 3.63) is 58.1 Å². The molecule has 0 saturated carbocycles. The SMILES string of the molecule is Cc1ccc(S(=O)(=O)N2CCC(C(=O)Nc3cc(Cl)ccc3C(=O)NC(C)C)CC2)c(C)c1. The second kappa shape index (κ2) is 10.2. The van der Waals surface area contributed by atoms with Gasteiger partial charge in [0.05, 0.1) is 16.1 Å². The Morgan fingerprint density at radius 3 is 2.33 bits per heavy atom. The number of nitrogens with zero attached hydrogens (tertiary/aromatic N) is 1. The van der Waals surface area contributed by atoms with Crippen molar-refractivity contribution in [3.63, 3.8) is 0 Å². The average Bonchev–Trinajstić information content (AvgIpc) is 2.73. The summed E-state index contributed by atoms with van der Waals surface area (Å²) in [6.07, 6.45) is 0.786. The first-order valence-corrected chi connectivity index (χ1v) is 12.8. The Morgan fingerprint density at radius 1 is 1.06 bits per heavy atom. The number of sulfonamides is 1. The van der Waals surface area contributed by atoms with Crippen LogP contribution >= 0.6 is 11.6 Å². The van der Waals surface area contributed by atoms with E-state index in [-0.39, 0.29) is 36.9 Å². The number of anilines is 1. The van der Waals surface area contributed by atoms with Crippen LogP contribution in [0.5, 0.6) is 0 Å².